The smallest absolute Gasteiger partial charge is 0.204 e. The third-order valence-electron chi connectivity index (χ3n) is 2.70. The lowest BCUT2D eigenvalue weighted by Crippen LogP contribution is -2.14. The van der Waals surface area contributed by atoms with Crippen LogP contribution in [0.2, 0.25) is 0 Å². The Labute approximate surface area is 111 Å². The normalized spacial score (nSPS) is 9.74. The minimum Gasteiger partial charge on any atom is -0.490 e. The summed E-state index contributed by atoms with van der Waals surface area (Å²) in [6, 6.07) is 9.28. The Balaban J connectivity index is 2.47. The van der Waals surface area contributed by atoms with Gasteiger partial charge in [0, 0.05) is 12.7 Å². The highest BCUT2D eigenvalue weighted by Crippen LogP contribution is 2.33. The summed E-state index contributed by atoms with van der Waals surface area (Å²) in [6.07, 6.45) is 1.37. The molecular weight excluding hydrogens is 242 g/mol. The van der Waals surface area contributed by atoms with E-state index < -0.39 is 0 Å². The molecule has 0 aliphatic rings. The van der Waals surface area contributed by atoms with Crippen LogP contribution >= 0.6 is 0 Å². The van der Waals surface area contributed by atoms with Crippen molar-refractivity contribution in [3.05, 3.63) is 36.2 Å². The molecule has 6 nitrogen and oxygen atoms in total. The number of anilines is 3. The molecule has 1 aromatic heterocycles. The molecule has 0 amide bonds. The van der Waals surface area contributed by atoms with Crippen LogP contribution in [-0.2, 0) is 0 Å². The van der Waals surface area contributed by atoms with E-state index in [2.05, 4.69) is 16.0 Å². The molecule has 0 bridgehead atoms. The summed E-state index contributed by atoms with van der Waals surface area (Å²) >= 11 is 0. The summed E-state index contributed by atoms with van der Waals surface area (Å²) in [5, 5.41) is 8.92. The van der Waals surface area contributed by atoms with Crippen molar-refractivity contribution in [2.75, 3.05) is 24.8 Å². The predicted octanol–water partition coefficient (Wildman–Crippen LogP) is 1.71. The van der Waals surface area contributed by atoms with Gasteiger partial charge >= 0.3 is 0 Å². The van der Waals surface area contributed by atoms with Gasteiger partial charge in [-0.1, -0.05) is 6.07 Å². The Hall–Kier alpha value is -2.81. The van der Waals surface area contributed by atoms with Crippen LogP contribution in [-0.4, -0.2) is 24.1 Å². The van der Waals surface area contributed by atoms with Crippen LogP contribution in [0.5, 0.6) is 5.75 Å². The summed E-state index contributed by atoms with van der Waals surface area (Å²) in [6.45, 7) is 0. The van der Waals surface area contributed by atoms with Crippen LogP contribution in [0.4, 0.5) is 17.3 Å². The van der Waals surface area contributed by atoms with Crippen molar-refractivity contribution in [1.82, 2.24) is 9.97 Å². The Kier molecular flexibility index (Phi) is 3.48. The SMILES string of the molecule is COc1c(N)ncnc1N(C)c1cccc(C#N)c1. The van der Waals surface area contributed by atoms with Crippen LogP contribution in [0.15, 0.2) is 30.6 Å². The first-order valence-corrected chi connectivity index (χ1v) is 5.55. The minimum atomic E-state index is 0.274. The van der Waals surface area contributed by atoms with Crippen molar-refractivity contribution in [1.29, 1.82) is 5.26 Å². The van der Waals surface area contributed by atoms with Gasteiger partial charge in [0.05, 0.1) is 18.7 Å². The Morgan fingerprint density at radius 3 is 2.84 bits per heavy atom. The molecule has 2 N–H and O–H groups in total. The highest BCUT2D eigenvalue weighted by molar-refractivity contribution is 5.70. The van der Waals surface area contributed by atoms with E-state index in [0.29, 0.717) is 17.1 Å². The number of rotatable bonds is 3. The van der Waals surface area contributed by atoms with Gasteiger partial charge in [0.15, 0.2) is 11.6 Å². The van der Waals surface area contributed by atoms with Crippen LogP contribution in [0.25, 0.3) is 0 Å². The first kappa shape index (κ1) is 12.6. The van der Waals surface area contributed by atoms with Crippen molar-refractivity contribution in [3.63, 3.8) is 0 Å². The highest BCUT2D eigenvalue weighted by Gasteiger charge is 2.15. The third-order valence-corrected chi connectivity index (χ3v) is 2.70. The summed E-state index contributed by atoms with van der Waals surface area (Å²) in [4.78, 5) is 9.84. The molecular formula is C13H13N5O. The third kappa shape index (κ3) is 2.40. The van der Waals surface area contributed by atoms with Gasteiger partial charge in [-0.3, -0.25) is 0 Å². The van der Waals surface area contributed by atoms with Crippen LogP contribution in [0.3, 0.4) is 0 Å². The second kappa shape index (κ2) is 5.23. The van der Waals surface area contributed by atoms with E-state index in [4.69, 9.17) is 15.7 Å². The van der Waals surface area contributed by atoms with Crippen molar-refractivity contribution in [2.24, 2.45) is 0 Å². The molecule has 0 radical (unpaired) electrons. The molecule has 0 aliphatic heterocycles. The largest absolute Gasteiger partial charge is 0.490 e. The molecule has 6 heteroatoms. The fraction of sp³-hybridized carbons (Fsp3) is 0.154. The molecule has 19 heavy (non-hydrogen) atoms. The first-order valence-electron chi connectivity index (χ1n) is 5.55. The number of methoxy groups -OCH3 is 1. The second-order valence-electron chi connectivity index (χ2n) is 3.84. The number of hydrogen-bond donors (Lipinski definition) is 1. The Bertz CT molecular complexity index is 635. The number of nitrogens with zero attached hydrogens (tertiary/aromatic N) is 4. The molecule has 0 unspecified atom stereocenters. The summed E-state index contributed by atoms with van der Waals surface area (Å²) < 4.78 is 5.22. The standard InChI is InChI=1S/C13H13N5O/c1-18(10-5-3-4-9(6-10)7-14)13-11(19-2)12(15)16-8-17-13/h3-6,8H,1-2H3,(H2,15,16,17). The molecule has 0 atom stereocenters. The van der Waals surface area contributed by atoms with Crippen LogP contribution in [0.1, 0.15) is 5.56 Å². The van der Waals surface area contributed by atoms with Gasteiger partial charge in [-0.2, -0.15) is 5.26 Å². The average molecular weight is 255 g/mol. The lowest BCUT2D eigenvalue weighted by Gasteiger charge is -2.20. The monoisotopic (exact) mass is 255 g/mol. The van der Waals surface area contributed by atoms with E-state index in [1.165, 1.54) is 13.4 Å². The zero-order valence-corrected chi connectivity index (χ0v) is 10.7. The van der Waals surface area contributed by atoms with E-state index in [9.17, 15) is 0 Å². The van der Waals surface area contributed by atoms with Gasteiger partial charge < -0.3 is 15.4 Å². The predicted molar refractivity (Wildman–Crippen MR) is 72.2 cm³/mol. The number of hydrogen-bond acceptors (Lipinski definition) is 6. The van der Waals surface area contributed by atoms with E-state index in [1.807, 2.05) is 13.1 Å². The zero-order chi connectivity index (χ0) is 13.8. The van der Waals surface area contributed by atoms with Gasteiger partial charge in [-0.05, 0) is 18.2 Å². The number of nitrogens with two attached hydrogens (primary N) is 1. The fourth-order valence-electron chi connectivity index (χ4n) is 1.72. The van der Waals surface area contributed by atoms with Crippen LogP contribution < -0.4 is 15.4 Å². The summed E-state index contributed by atoms with van der Waals surface area (Å²) in [7, 11) is 3.33. The number of ether oxygens (including phenoxy) is 1. The Morgan fingerprint density at radius 2 is 2.16 bits per heavy atom. The Morgan fingerprint density at radius 1 is 1.37 bits per heavy atom. The molecule has 0 saturated heterocycles. The quantitative estimate of drug-likeness (QED) is 0.898. The molecule has 1 aromatic carbocycles. The molecule has 0 fully saturated rings. The molecule has 1 heterocycles. The topological polar surface area (TPSA) is 88.1 Å². The van der Waals surface area contributed by atoms with Gasteiger partial charge in [-0.15, -0.1) is 0 Å². The molecule has 0 saturated carbocycles. The highest BCUT2D eigenvalue weighted by atomic mass is 16.5. The lowest BCUT2D eigenvalue weighted by molar-refractivity contribution is 0.414. The maximum Gasteiger partial charge on any atom is 0.204 e. The number of nitrogen functional groups attached to an aromatic ring is 1. The number of benzene rings is 1. The zero-order valence-electron chi connectivity index (χ0n) is 10.7. The maximum atomic E-state index is 8.92. The average Bonchev–Trinajstić information content (AvgIpc) is 2.46. The van der Waals surface area contributed by atoms with E-state index >= 15 is 0 Å². The lowest BCUT2D eigenvalue weighted by atomic mass is 10.2. The van der Waals surface area contributed by atoms with Crippen molar-refractivity contribution < 1.29 is 4.74 Å². The second-order valence-corrected chi connectivity index (χ2v) is 3.84. The van der Waals surface area contributed by atoms with E-state index in [0.717, 1.165) is 5.69 Å². The molecule has 2 rings (SSSR count). The van der Waals surface area contributed by atoms with Gasteiger partial charge in [0.2, 0.25) is 5.75 Å². The van der Waals surface area contributed by atoms with Crippen molar-refractivity contribution in [3.8, 4) is 11.8 Å². The number of nitriles is 1. The minimum absolute atomic E-state index is 0.274. The number of aromatic nitrogens is 2. The first-order chi connectivity index (χ1) is 9.17. The fourth-order valence-corrected chi connectivity index (χ4v) is 1.72. The molecule has 2 aromatic rings. The van der Waals surface area contributed by atoms with Gasteiger partial charge in [0.1, 0.15) is 6.33 Å². The van der Waals surface area contributed by atoms with E-state index in [-0.39, 0.29) is 5.82 Å². The summed E-state index contributed by atoms with van der Waals surface area (Å²) in [5.74, 6) is 1.23. The molecule has 96 valence electrons. The van der Waals surface area contributed by atoms with E-state index in [1.54, 1.807) is 23.1 Å². The maximum absolute atomic E-state index is 8.92. The molecule has 0 spiro atoms. The summed E-state index contributed by atoms with van der Waals surface area (Å²) in [5.41, 5.74) is 7.14. The van der Waals surface area contributed by atoms with Crippen molar-refractivity contribution in [2.45, 2.75) is 0 Å². The molecule has 0 aliphatic carbocycles. The van der Waals surface area contributed by atoms with Crippen molar-refractivity contribution >= 4 is 17.3 Å². The van der Waals surface area contributed by atoms with Gasteiger partial charge in [-0.25, -0.2) is 9.97 Å². The van der Waals surface area contributed by atoms with Gasteiger partial charge in [0.25, 0.3) is 0 Å². The van der Waals surface area contributed by atoms with Crippen LogP contribution in [0, 0.1) is 11.3 Å².